The molecule has 88 valence electrons. The third kappa shape index (κ3) is 3.74. The molecule has 2 rings (SSSR count). The van der Waals surface area contributed by atoms with Gasteiger partial charge in [0.2, 0.25) is 0 Å². The molecule has 0 spiro atoms. The first kappa shape index (κ1) is 11.4. The Morgan fingerprint density at radius 1 is 1.13 bits per heavy atom. The predicted octanol–water partition coefficient (Wildman–Crippen LogP) is 0.954. The normalized spacial score (nSPS) is 29.8. The van der Waals surface area contributed by atoms with E-state index >= 15 is 0 Å². The Morgan fingerprint density at radius 2 is 1.87 bits per heavy atom. The largest absolute Gasteiger partial charge is 0.381 e. The van der Waals surface area contributed by atoms with Crippen molar-refractivity contribution in [2.24, 2.45) is 11.8 Å². The molecule has 15 heavy (non-hydrogen) atoms. The molecule has 0 aromatic rings. The van der Waals surface area contributed by atoms with Crippen LogP contribution in [0.4, 0.5) is 0 Å². The van der Waals surface area contributed by atoms with Crippen molar-refractivity contribution in [1.29, 1.82) is 0 Å². The fraction of sp³-hybridized carbons (Fsp3) is 1.00. The molecule has 0 saturated carbocycles. The Bertz CT molecular complexity index is 176. The van der Waals surface area contributed by atoms with Crippen LogP contribution in [-0.4, -0.2) is 51.3 Å². The van der Waals surface area contributed by atoms with E-state index in [0.29, 0.717) is 0 Å². The van der Waals surface area contributed by atoms with Crippen molar-refractivity contribution in [2.75, 3.05) is 46.4 Å². The molecule has 1 atom stereocenters. The Labute approximate surface area is 93.2 Å². The average molecular weight is 212 g/mol. The van der Waals surface area contributed by atoms with E-state index in [4.69, 9.17) is 4.74 Å². The van der Waals surface area contributed by atoms with Crippen LogP contribution in [0.2, 0.25) is 0 Å². The van der Waals surface area contributed by atoms with Gasteiger partial charge in [0, 0.05) is 19.8 Å². The summed E-state index contributed by atoms with van der Waals surface area (Å²) in [5.41, 5.74) is 0. The zero-order chi connectivity index (χ0) is 10.5. The molecule has 0 aliphatic carbocycles. The van der Waals surface area contributed by atoms with Crippen LogP contribution < -0.4 is 5.32 Å². The summed E-state index contributed by atoms with van der Waals surface area (Å²) in [5, 5.41) is 3.64. The highest BCUT2D eigenvalue weighted by atomic mass is 16.5. The van der Waals surface area contributed by atoms with Crippen LogP contribution in [0.15, 0.2) is 0 Å². The second-order valence-corrected chi connectivity index (χ2v) is 5.13. The average Bonchev–Trinajstić information content (AvgIpc) is 2.66. The monoisotopic (exact) mass is 212 g/mol. The molecule has 0 amide bonds. The van der Waals surface area contributed by atoms with Gasteiger partial charge in [-0.1, -0.05) is 0 Å². The molecule has 2 fully saturated rings. The third-order valence-corrected chi connectivity index (χ3v) is 3.70. The lowest BCUT2D eigenvalue weighted by molar-refractivity contribution is 0.0661. The van der Waals surface area contributed by atoms with E-state index in [9.17, 15) is 0 Å². The van der Waals surface area contributed by atoms with Gasteiger partial charge in [-0.25, -0.2) is 0 Å². The summed E-state index contributed by atoms with van der Waals surface area (Å²) in [7, 11) is 2.22. The summed E-state index contributed by atoms with van der Waals surface area (Å²) in [6.45, 7) is 6.91. The van der Waals surface area contributed by atoms with Crippen molar-refractivity contribution in [3.05, 3.63) is 0 Å². The van der Waals surface area contributed by atoms with E-state index in [1.54, 1.807) is 0 Å². The van der Waals surface area contributed by atoms with Crippen molar-refractivity contribution in [3.8, 4) is 0 Å². The standard InChI is InChI=1S/C12H24N2O/c1-14-5-2-12(10-14)9-13-8-11-3-6-15-7-4-11/h11-13H,2-10H2,1H3. The molecule has 2 saturated heterocycles. The van der Waals surface area contributed by atoms with Gasteiger partial charge in [-0.05, 0) is 57.8 Å². The minimum absolute atomic E-state index is 0.859. The van der Waals surface area contributed by atoms with Gasteiger partial charge in [-0.2, -0.15) is 0 Å². The fourth-order valence-electron chi connectivity index (χ4n) is 2.64. The molecule has 2 aliphatic heterocycles. The number of likely N-dealkylation sites (tertiary alicyclic amines) is 1. The Kier molecular flexibility index (Phi) is 4.42. The minimum atomic E-state index is 0.859. The fourth-order valence-corrected chi connectivity index (χ4v) is 2.64. The van der Waals surface area contributed by atoms with E-state index in [1.807, 2.05) is 0 Å². The third-order valence-electron chi connectivity index (χ3n) is 3.70. The SMILES string of the molecule is CN1CCC(CNCC2CCOCC2)C1. The Hall–Kier alpha value is -0.120. The van der Waals surface area contributed by atoms with E-state index in [0.717, 1.165) is 25.0 Å². The maximum Gasteiger partial charge on any atom is 0.0469 e. The van der Waals surface area contributed by atoms with Crippen LogP contribution in [0.1, 0.15) is 19.3 Å². The summed E-state index contributed by atoms with van der Waals surface area (Å²) in [6, 6.07) is 0. The molecule has 0 aromatic heterocycles. The van der Waals surface area contributed by atoms with E-state index in [1.165, 1.54) is 45.4 Å². The predicted molar refractivity (Wildman–Crippen MR) is 62.0 cm³/mol. The number of ether oxygens (including phenoxy) is 1. The molecule has 2 heterocycles. The lowest BCUT2D eigenvalue weighted by atomic mass is 10.00. The molecular weight excluding hydrogens is 188 g/mol. The first-order chi connectivity index (χ1) is 7.34. The van der Waals surface area contributed by atoms with Gasteiger partial charge in [-0.15, -0.1) is 0 Å². The second kappa shape index (κ2) is 5.83. The van der Waals surface area contributed by atoms with Crippen molar-refractivity contribution in [1.82, 2.24) is 10.2 Å². The molecule has 1 unspecified atom stereocenters. The second-order valence-electron chi connectivity index (χ2n) is 5.13. The van der Waals surface area contributed by atoms with Crippen molar-refractivity contribution >= 4 is 0 Å². The maximum atomic E-state index is 5.36. The molecule has 0 aromatic carbocycles. The summed E-state index contributed by atoms with van der Waals surface area (Å²) >= 11 is 0. The van der Waals surface area contributed by atoms with E-state index in [2.05, 4.69) is 17.3 Å². The molecule has 0 radical (unpaired) electrons. The zero-order valence-electron chi connectivity index (χ0n) is 9.87. The molecule has 2 aliphatic rings. The summed E-state index contributed by atoms with van der Waals surface area (Å²) < 4.78 is 5.36. The summed E-state index contributed by atoms with van der Waals surface area (Å²) in [5.74, 6) is 1.74. The zero-order valence-corrected chi connectivity index (χ0v) is 9.87. The van der Waals surface area contributed by atoms with Crippen LogP contribution in [0.5, 0.6) is 0 Å². The van der Waals surface area contributed by atoms with Gasteiger partial charge >= 0.3 is 0 Å². The van der Waals surface area contributed by atoms with Crippen molar-refractivity contribution < 1.29 is 4.74 Å². The molecule has 0 bridgehead atoms. The van der Waals surface area contributed by atoms with Gasteiger partial charge in [0.1, 0.15) is 0 Å². The Balaban J connectivity index is 1.54. The van der Waals surface area contributed by atoms with Gasteiger partial charge in [-0.3, -0.25) is 0 Å². The van der Waals surface area contributed by atoms with Crippen LogP contribution in [0, 0.1) is 11.8 Å². The Morgan fingerprint density at radius 3 is 2.53 bits per heavy atom. The summed E-state index contributed by atoms with van der Waals surface area (Å²) in [4.78, 5) is 2.43. The summed E-state index contributed by atoms with van der Waals surface area (Å²) in [6.07, 6.45) is 3.87. The molecule has 1 N–H and O–H groups in total. The first-order valence-electron chi connectivity index (χ1n) is 6.31. The minimum Gasteiger partial charge on any atom is -0.381 e. The molecular formula is C12H24N2O. The maximum absolute atomic E-state index is 5.36. The lowest BCUT2D eigenvalue weighted by Gasteiger charge is -2.23. The first-order valence-corrected chi connectivity index (χ1v) is 6.31. The smallest absolute Gasteiger partial charge is 0.0469 e. The number of hydrogen-bond acceptors (Lipinski definition) is 3. The highest BCUT2D eigenvalue weighted by molar-refractivity contribution is 4.75. The van der Waals surface area contributed by atoms with Gasteiger partial charge in [0.15, 0.2) is 0 Å². The topological polar surface area (TPSA) is 24.5 Å². The van der Waals surface area contributed by atoms with Gasteiger partial charge in [0.05, 0.1) is 0 Å². The van der Waals surface area contributed by atoms with E-state index in [-0.39, 0.29) is 0 Å². The molecule has 3 heteroatoms. The quantitative estimate of drug-likeness (QED) is 0.751. The molecule has 3 nitrogen and oxygen atoms in total. The van der Waals surface area contributed by atoms with Crippen molar-refractivity contribution in [3.63, 3.8) is 0 Å². The van der Waals surface area contributed by atoms with E-state index < -0.39 is 0 Å². The highest BCUT2D eigenvalue weighted by Gasteiger charge is 2.19. The van der Waals surface area contributed by atoms with Crippen LogP contribution in [-0.2, 0) is 4.74 Å². The van der Waals surface area contributed by atoms with Gasteiger partial charge in [0.25, 0.3) is 0 Å². The number of nitrogens with one attached hydrogen (secondary N) is 1. The van der Waals surface area contributed by atoms with Crippen LogP contribution in [0.3, 0.4) is 0 Å². The number of nitrogens with zero attached hydrogens (tertiary/aromatic N) is 1. The number of hydrogen-bond donors (Lipinski definition) is 1. The van der Waals surface area contributed by atoms with Gasteiger partial charge < -0.3 is 15.0 Å². The highest BCUT2D eigenvalue weighted by Crippen LogP contribution is 2.15. The van der Waals surface area contributed by atoms with Crippen LogP contribution >= 0.6 is 0 Å². The van der Waals surface area contributed by atoms with Crippen LogP contribution in [0.25, 0.3) is 0 Å². The number of rotatable bonds is 4. The van der Waals surface area contributed by atoms with Crippen molar-refractivity contribution in [2.45, 2.75) is 19.3 Å². The lowest BCUT2D eigenvalue weighted by Crippen LogP contribution is -2.31.